The van der Waals surface area contributed by atoms with Gasteiger partial charge in [-0.3, -0.25) is 5.10 Å². The lowest BCUT2D eigenvalue weighted by atomic mass is 10.2. The fourth-order valence-corrected chi connectivity index (χ4v) is 2.68. The van der Waals surface area contributed by atoms with Gasteiger partial charge < -0.3 is 9.64 Å². The summed E-state index contributed by atoms with van der Waals surface area (Å²) in [4.78, 5) is 2.25. The summed E-state index contributed by atoms with van der Waals surface area (Å²) >= 11 is 6.54. The van der Waals surface area contributed by atoms with Crippen molar-refractivity contribution in [3.8, 4) is 0 Å². The molecule has 0 amide bonds. The summed E-state index contributed by atoms with van der Waals surface area (Å²) < 4.78 is 6.10. The SMILES string of the molecule is CCN(c1n[nH]c(=S)s1)C1CCOC1. The first-order valence-electron chi connectivity index (χ1n) is 4.71. The lowest BCUT2D eigenvalue weighted by Crippen LogP contribution is -2.35. The average Bonchev–Trinajstić information content (AvgIpc) is 2.79. The van der Waals surface area contributed by atoms with Crippen LogP contribution in [0.25, 0.3) is 0 Å². The summed E-state index contributed by atoms with van der Waals surface area (Å²) in [5, 5.41) is 7.98. The van der Waals surface area contributed by atoms with E-state index in [4.69, 9.17) is 17.0 Å². The Hall–Kier alpha value is -0.460. The van der Waals surface area contributed by atoms with Crippen molar-refractivity contribution in [1.29, 1.82) is 0 Å². The number of aromatic nitrogens is 2. The predicted octanol–water partition coefficient (Wildman–Crippen LogP) is 1.82. The molecule has 1 unspecified atom stereocenters. The number of ether oxygens (including phenoxy) is 1. The van der Waals surface area contributed by atoms with E-state index < -0.39 is 0 Å². The summed E-state index contributed by atoms with van der Waals surface area (Å²) in [5.41, 5.74) is 0. The van der Waals surface area contributed by atoms with Gasteiger partial charge in [-0.05, 0) is 25.6 Å². The fraction of sp³-hybridized carbons (Fsp3) is 0.750. The van der Waals surface area contributed by atoms with Gasteiger partial charge in [0.1, 0.15) is 0 Å². The number of H-pyrrole nitrogens is 1. The topological polar surface area (TPSA) is 41.2 Å². The van der Waals surface area contributed by atoms with E-state index in [1.807, 2.05) is 0 Å². The molecule has 0 radical (unpaired) electrons. The van der Waals surface area contributed by atoms with Gasteiger partial charge in [0, 0.05) is 13.2 Å². The molecule has 78 valence electrons. The summed E-state index contributed by atoms with van der Waals surface area (Å²) in [6, 6.07) is 0.467. The second-order valence-corrected chi connectivity index (χ2v) is 4.84. The molecule has 1 aromatic heterocycles. The van der Waals surface area contributed by atoms with Crippen LogP contribution in [-0.4, -0.2) is 36.0 Å². The van der Waals surface area contributed by atoms with Crippen LogP contribution >= 0.6 is 23.6 Å². The molecule has 2 rings (SSSR count). The number of nitrogens with zero attached hydrogens (tertiary/aromatic N) is 2. The normalized spacial score (nSPS) is 21.4. The Morgan fingerprint density at radius 2 is 2.64 bits per heavy atom. The zero-order valence-electron chi connectivity index (χ0n) is 8.02. The molecule has 2 heterocycles. The van der Waals surface area contributed by atoms with E-state index in [2.05, 4.69) is 22.0 Å². The van der Waals surface area contributed by atoms with E-state index in [1.165, 1.54) is 11.3 Å². The monoisotopic (exact) mass is 231 g/mol. The van der Waals surface area contributed by atoms with E-state index in [-0.39, 0.29) is 0 Å². The zero-order valence-corrected chi connectivity index (χ0v) is 9.66. The average molecular weight is 231 g/mol. The molecule has 0 aromatic carbocycles. The van der Waals surface area contributed by atoms with Gasteiger partial charge in [-0.15, -0.1) is 5.10 Å². The molecule has 0 aliphatic carbocycles. The smallest absolute Gasteiger partial charge is 0.207 e. The quantitative estimate of drug-likeness (QED) is 0.806. The van der Waals surface area contributed by atoms with Crippen molar-refractivity contribution in [2.45, 2.75) is 19.4 Å². The molecule has 0 spiro atoms. The molecule has 1 saturated heterocycles. The van der Waals surface area contributed by atoms with Crippen molar-refractivity contribution < 1.29 is 4.74 Å². The number of hydrogen-bond donors (Lipinski definition) is 1. The van der Waals surface area contributed by atoms with Crippen LogP contribution in [0.4, 0.5) is 5.13 Å². The molecule has 4 nitrogen and oxygen atoms in total. The van der Waals surface area contributed by atoms with Crippen molar-refractivity contribution in [1.82, 2.24) is 10.2 Å². The maximum Gasteiger partial charge on any atom is 0.207 e. The number of likely N-dealkylation sites (N-methyl/N-ethyl adjacent to an activating group) is 1. The molecule has 6 heteroatoms. The Bertz CT molecular complexity index is 342. The number of nitrogens with one attached hydrogen (secondary N) is 1. The summed E-state index contributed by atoms with van der Waals surface area (Å²) in [6.45, 7) is 4.74. The van der Waals surface area contributed by atoms with Gasteiger partial charge in [0.15, 0.2) is 3.95 Å². The van der Waals surface area contributed by atoms with E-state index in [0.29, 0.717) is 6.04 Å². The minimum Gasteiger partial charge on any atom is -0.379 e. The van der Waals surface area contributed by atoms with Gasteiger partial charge in [0.25, 0.3) is 0 Å². The second kappa shape index (κ2) is 4.37. The Morgan fingerprint density at radius 1 is 1.79 bits per heavy atom. The molecule has 1 aliphatic rings. The van der Waals surface area contributed by atoms with Gasteiger partial charge in [-0.2, -0.15) is 0 Å². The van der Waals surface area contributed by atoms with E-state index in [1.54, 1.807) is 0 Å². The van der Waals surface area contributed by atoms with Gasteiger partial charge in [-0.1, -0.05) is 11.3 Å². The summed E-state index contributed by atoms with van der Waals surface area (Å²) in [5.74, 6) is 0. The minimum atomic E-state index is 0.467. The first-order valence-corrected chi connectivity index (χ1v) is 5.93. The van der Waals surface area contributed by atoms with Crippen molar-refractivity contribution in [2.75, 3.05) is 24.7 Å². The third-order valence-corrected chi connectivity index (χ3v) is 3.49. The summed E-state index contributed by atoms with van der Waals surface area (Å²) in [6.07, 6.45) is 1.08. The summed E-state index contributed by atoms with van der Waals surface area (Å²) in [7, 11) is 0. The van der Waals surface area contributed by atoms with Crippen LogP contribution in [0.2, 0.25) is 0 Å². The van der Waals surface area contributed by atoms with Crippen LogP contribution in [0, 0.1) is 3.95 Å². The van der Waals surface area contributed by atoms with Crippen molar-refractivity contribution in [2.24, 2.45) is 0 Å². The van der Waals surface area contributed by atoms with Crippen molar-refractivity contribution in [3.05, 3.63) is 3.95 Å². The molecule has 1 N–H and O–H groups in total. The maximum atomic E-state index is 5.37. The predicted molar refractivity (Wildman–Crippen MR) is 59.5 cm³/mol. The molecular formula is C8H13N3OS2. The van der Waals surface area contributed by atoms with Gasteiger partial charge in [-0.25, -0.2) is 0 Å². The Morgan fingerprint density at radius 3 is 3.14 bits per heavy atom. The number of rotatable bonds is 3. The van der Waals surface area contributed by atoms with Crippen molar-refractivity contribution in [3.63, 3.8) is 0 Å². The van der Waals surface area contributed by atoms with E-state index in [0.717, 1.165) is 35.3 Å². The highest BCUT2D eigenvalue weighted by Gasteiger charge is 2.24. The van der Waals surface area contributed by atoms with E-state index >= 15 is 0 Å². The molecule has 1 atom stereocenters. The molecule has 1 fully saturated rings. The Balaban J connectivity index is 2.16. The Labute approximate surface area is 91.9 Å². The molecule has 1 aliphatic heterocycles. The molecule has 0 saturated carbocycles. The van der Waals surface area contributed by atoms with Crippen LogP contribution < -0.4 is 4.90 Å². The first kappa shape index (κ1) is 10.1. The third kappa shape index (κ3) is 1.97. The molecule has 0 bridgehead atoms. The van der Waals surface area contributed by atoms with Crippen LogP contribution in [0.3, 0.4) is 0 Å². The number of hydrogen-bond acceptors (Lipinski definition) is 5. The highest BCUT2D eigenvalue weighted by molar-refractivity contribution is 7.73. The lowest BCUT2D eigenvalue weighted by molar-refractivity contribution is 0.193. The van der Waals surface area contributed by atoms with Crippen LogP contribution in [0.5, 0.6) is 0 Å². The highest BCUT2D eigenvalue weighted by Crippen LogP contribution is 2.23. The first-order chi connectivity index (χ1) is 6.81. The molecule has 1 aromatic rings. The standard InChI is InChI=1S/C8H13N3OS2/c1-2-11(6-3-4-12-5-6)7-9-10-8(13)14-7/h6H,2-5H2,1H3,(H,10,13). The van der Waals surface area contributed by atoms with Crippen LogP contribution in [0.15, 0.2) is 0 Å². The number of aromatic amines is 1. The number of anilines is 1. The van der Waals surface area contributed by atoms with Crippen LogP contribution in [0.1, 0.15) is 13.3 Å². The molecule has 14 heavy (non-hydrogen) atoms. The highest BCUT2D eigenvalue weighted by atomic mass is 32.1. The van der Waals surface area contributed by atoms with Gasteiger partial charge in [0.2, 0.25) is 5.13 Å². The van der Waals surface area contributed by atoms with Crippen LogP contribution in [-0.2, 0) is 4.74 Å². The Kier molecular flexibility index (Phi) is 3.15. The van der Waals surface area contributed by atoms with Gasteiger partial charge >= 0.3 is 0 Å². The lowest BCUT2D eigenvalue weighted by Gasteiger charge is -2.25. The van der Waals surface area contributed by atoms with Crippen molar-refractivity contribution >= 4 is 28.7 Å². The fourth-order valence-electron chi connectivity index (χ4n) is 1.66. The maximum absolute atomic E-state index is 5.37. The van der Waals surface area contributed by atoms with E-state index in [9.17, 15) is 0 Å². The minimum absolute atomic E-state index is 0.467. The largest absolute Gasteiger partial charge is 0.379 e. The third-order valence-electron chi connectivity index (χ3n) is 2.36. The second-order valence-electron chi connectivity index (χ2n) is 3.20. The zero-order chi connectivity index (χ0) is 9.97. The van der Waals surface area contributed by atoms with Gasteiger partial charge in [0.05, 0.1) is 12.6 Å². The molecular weight excluding hydrogens is 218 g/mol.